The molecule has 0 fully saturated rings. The van der Waals surface area contributed by atoms with Gasteiger partial charge in [0.15, 0.2) is 0 Å². The molecule has 2 aromatic heterocycles. The minimum atomic E-state index is -1.32. The van der Waals surface area contributed by atoms with Crippen molar-refractivity contribution in [1.29, 1.82) is 0 Å². The first-order valence-electron chi connectivity index (χ1n) is 29.6. The SMILES string of the molecule is CC(C)n1c(CC[C@@H](O)C[C@@H](O)CC(=O)O)c(-c2ccc(F)cc2)c(-c2ccc(F)cc2)c1C(=O)NCc1ccc(C(=O)[O-])cc1.CC(C)n1c(CC[C@@H](O)C[C@@H](O)CC(=O)O)c(-c2ccc(F)cc2)c(-c2ccc(F)cc2)c1C(=O)NCc1ccc(C(=O)[O-])cc1.[Na+].[Na+]. The van der Waals surface area contributed by atoms with Crippen LogP contribution in [-0.2, 0) is 35.5 Å². The van der Waals surface area contributed by atoms with Gasteiger partial charge in [-0.1, -0.05) is 97.1 Å². The summed E-state index contributed by atoms with van der Waals surface area (Å²) in [6, 6.07) is 33.8. The molecular weight excluding hydrogens is 1240 g/mol. The number of benzene rings is 6. The Morgan fingerprint density at radius 2 is 0.681 bits per heavy atom. The van der Waals surface area contributed by atoms with E-state index in [1.165, 1.54) is 72.8 Å². The molecule has 0 aliphatic carbocycles. The van der Waals surface area contributed by atoms with Crippen molar-refractivity contribution < 1.29 is 146 Å². The third kappa shape index (κ3) is 20.6. The van der Waals surface area contributed by atoms with Crippen LogP contribution in [0.15, 0.2) is 146 Å². The van der Waals surface area contributed by atoms with Crippen molar-refractivity contribution in [3.05, 3.63) is 214 Å². The number of aromatic carboxylic acids is 2. The first kappa shape index (κ1) is 77.0. The number of halogens is 4. The molecule has 8 aromatic rings. The molecule has 18 nitrogen and oxygen atoms in total. The van der Waals surface area contributed by atoms with Crippen LogP contribution >= 0.6 is 0 Å². The van der Waals surface area contributed by atoms with E-state index in [2.05, 4.69) is 10.6 Å². The van der Waals surface area contributed by atoms with E-state index >= 15 is 0 Å². The Morgan fingerprint density at radius 3 is 0.926 bits per heavy atom. The van der Waals surface area contributed by atoms with E-state index in [0.717, 1.165) is 0 Å². The van der Waals surface area contributed by atoms with Crippen molar-refractivity contribution in [2.75, 3.05) is 0 Å². The van der Waals surface area contributed by atoms with Crippen LogP contribution < -0.4 is 80.0 Å². The number of carbonyl (C=O) groups is 6. The normalized spacial score (nSPS) is 12.3. The van der Waals surface area contributed by atoms with Crippen LogP contribution in [-0.4, -0.2) is 99.9 Å². The molecule has 8 N–H and O–H groups in total. The number of aromatic nitrogens is 2. The van der Waals surface area contributed by atoms with Gasteiger partial charge in [-0.25, -0.2) is 17.6 Å². The van der Waals surface area contributed by atoms with Gasteiger partial charge in [0, 0.05) is 58.8 Å². The van der Waals surface area contributed by atoms with Gasteiger partial charge >= 0.3 is 71.1 Å². The van der Waals surface area contributed by atoms with E-state index in [4.69, 9.17) is 10.2 Å². The van der Waals surface area contributed by atoms with Crippen LogP contribution in [0.4, 0.5) is 17.6 Å². The summed E-state index contributed by atoms with van der Waals surface area (Å²) in [6.07, 6.45) is -5.42. The summed E-state index contributed by atoms with van der Waals surface area (Å²) in [5.41, 5.74) is 7.21. The molecule has 0 aliphatic rings. The molecule has 94 heavy (non-hydrogen) atoms. The zero-order chi connectivity index (χ0) is 67.1. The quantitative estimate of drug-likeness (QED) is 0.0259. The maximum atomic E-state index is 14.1. The number of aliphatic carboxylic acids is 2. The minimum Gasteiger partial charge on any atom is -0.545 e. The molecule has 484 valence electrons. The molecule has 0 spiro atoms. The number of carboxylic acid groups (broad SMARTS) is 4. The van der Waals surface area contributed by atoms with Crippen molar-refractivity contribution >= 4 is 35.7 Å². The largest absolute Gasteiger partial charge is 1.00 e. The molecule has 6 aromatic carbocycles. The Balaban J connectivity index is 0.000000333. The number of carbonyl (C=O) groups excluding carboxylic acids is 4. The van der Waals surface area contributed by atoms with Crippen molar-refractivity contribution in [3.8, 4) is 44.5 Å². The summed E-state index contributed by atoms with van der Waals surface area (Å²) >= 11 is 0. The number of aliphatic hydroxyl groups excluding tert-OH is 4. The van der Waals surface area contributed by atoms with E-state index in [1.807, 2.05) is 36.8 Å². The van der Waals surface area contributed by atoms with Gasteiger partial charge in [-0.05, 0) is 159 Å². The van der Waals surface area contributed by atoms with Gasteiger partial charge in [0.25, 0.3) is 11.8 Å². The zero-order valence-corrected chi connectivity index (χ0v) is 56.7. The fraction of sp³-hybridized carbons (Fsp3) is 0.286. The molecule has 0 unspecified atom stereocenters. The van der Waals surface area contributed by atoms with Crippen LogP contribution in [0.5, 0.6) is 0 Å². The van der Waals surface area contributed by atoms with Crippen molar-refractivity contribution in [3.63, 3.8) is 0 Å². The summed E-state index contributed by atoms with van der Waals surface area (Å²) in [4.78, 5) is 72.5. The number of amides is 2. The van der Waals surface area contributed by atoms with Crippen LogP contribution in [0.3, 0.4) is 0 Å². The molecule has 0 radical (unpaired) electrons. The minimum absolute atomic E-state index is 0. The average molecular weight is 1310 g/mol. The van der Waals surface area contributed by atoms with Crippen LogP contribution in [0.1, 0.15) is 143 Å². The number of carboxylic acids is 4. The molecule has 2 heterocycles. The molecule has 8 rings (SSSR count). The summed E-state index contributed by atoms with van der Waals surface area (Å²) < 4.78 is 59.9. The fourth-order valence-electron chi connectivity index (χ4n) is 11.1. The second-order valence-corrected chi connectivity index (χ2v) is 22.7. The van der Waals surface area contributed by atoms with E-state index in [0.29, 0.717) is 67.0 Å². The Labute approximate surface area is 584 Å². The van der Waals surface area contributed by atoms with Crippen molar-refractivity contribution in [1.82, 2.24) is 19.8 Å². The number of hydrogen-bond acceptors (Lipinski definition) is 12. The van der Waals surface area contributed by atoms with E-state index in [1.54, 1.807) is 72.8 Å². The standard InChI is InChI=1S/2C35H36F2N2O7.2Na/c2*1-20(2)39-29(16-15-27(40)17-28(41)18-30(42)43)31(22-7-11-25(36)12-8-22)32(23-9-13-26(37)14-10-23)33(39)34(44)38-19-21-3-5-24(6-4-21)35(45)46;;/h2*3-14,20,27-28,40-41H,15-19H2,1-2H3,(H,38,44)(H,42,43)(H,45,46);;/q;;2*+1/p-2/t2*27-,28-;;/m11../s1. The van der Waals surface area contributed by atoms with Gasteiger partial charge in [-0.2, -0.15) is 0 Å². The first-order valence-corrected chi connectivity index (χ1v) is 29.6. The first-order chi connectivity index (χ1) is 43.7. The predicted octanol–water partition coefficient (Wildman–Crippen LogP) is 3.00. The molecular formula is C70H70F4N4Na2O14. The second kappa shape index (κ2) is 35.7. The van der Waals surface area contributed by atoms with Crippen LogP contribution in [0.25, 0.3) is 44.5 Å². The Morgan fingerprint density at radius 1 is 0.415 bits per heavy atom. The maximum absolute atomic E-state index is 14.1. The van der Waals surface area contributed by atoms with E-state index in [9.17, 15) is 77.0 Å². The van der Waals surface area contributed by atoms with Crippen LogP contribution in [0.2, 0.25) is 0 Å². The number of hydrogen-bond donors (Lipinski definition) is 8. The Hall–Kier alpha value is -7.74. The zero-order valence-electron chi connectivity index (χ0n) is 52.7. The monoisotopic (exact) mass is 1310 g/mol. The summed E-state index contributed by atoms with van der Waals surface area (Å²) in [5, 5.41) is 87.7. The van der Waals surface area contributed by atoms with E-state index < -0.39 is 96.2 Å². The third-order valence-electron chi connectivity index (χ3n) is 15.2. The molecule has 24 heteroatoms. The van der Waals surface area contributed by atoms with Gasteiger partial charge in [0.2, 0.25) is 0 Å². The number of nitrogens with one attached hydrogen (secondary N) is 2. The topological polar surface area (TPSA) is 304 Å². The number of nitrogens with zero attached hydrogens (tertiary/aromatic N) is 2. The number of aliphatic hydroxyl groups is 4. The van der Waals surface area contributed by atoms with Gasteiger partial charge in [0.1, 0.15) is 34.7 Å². The molecule has 0 saturated carbocycles. The van der Waals surface area contributed by atoms with Crippen molar-refractivity contribution in [2.24, 2.45) is 0 Å². The predicted molar refractivity (Wildman–Crippen MR) is 330 cm³/mol. The maximum Gasteiger partial charge on any atom is 1.00 e. The average Bonchev–Trinajstić information content (AvgIpc) is 1.60. The number of rotatable bonds is 28. The Bertz CT molecular complexity index is 3630. The van der Waals surface area contributed by atoms with Crippen molar-refractivity contribution in [2.45, 2.75) is 129 Å². The third-order valence-corrected chi connectivity index (χ3v) is 15.2. The van der Waals surface area contributed by atoms with Gasteiger partial charge in [0.05, 0.1) is 49.2 Å². The molecule has 2 amide bonds. The molecule has 0 aliphatic heterocycles. The smallest absolute Gasteiger partial charge is 0.545 e. The van der Waals surface area contributed by atoms with Gasteiger partial charge in [-0.3, -0.25) is 19.2 Å². The molecule has 0 bridgehead atoms. The second-order valence-electron chi connectivity index (χ2n) is 22.7. The van der Waals surface area contributed by atoms with Gasteiger partial charge in [-0.15, -0.1) is 0 Å². The molecule has 0 saturated heterocycles. The summed E-state index contributed by atoms with van der Waals surface area (Å²) in [7, 11) is 0. The van der Waals surface area contributed by atoms with Gasteiger partial charge < -0.3 is 70.2 Å². The Kier molecular flexibility index (Phi) is 29.2. The van der Waals surface area contributed by atoms with E-state index in [-0.39, 0.29) is 145 Å². The molecule has 4 atom stereocenters. The summed E-state index contributed by atoms with van der Waals surface area (Å²) in [6.45, 7) is 7.59. The summed E-state index contributed by atoms with van der Waals surface area (Å²) in [5.74, 6) is -7.90. The van der Waals surface area contributed by atoms with Crippen LogP contribution in [0, 0.1) is 23.3 Å². The fourth-order valence-corrected chi connectivity index (χ4v) is 11.1.